The number of benzene rings is 1. The topological polar surface area (TPSA) is 109 Å². The molecule has 1 saturated heterocycles. The first kappa shape index (κ1) is 23.1. The standard InChI is InChI=1S/C25H32N4O4/c26-17-20-2-1-3-22(16-20)29-13-11-28(12-14-29)10-6-19-4-8-25(9-5-19,24(27)31)33-23(30)21-7-15-32-18-21/h1-3,16,18-19H,4-15H2,(H2,27,31). The molecule has 8 nitrogen and oxygen atoms in total. The van der Waals surface area contributed by atoms with Crippen molar-refractivity contribution in [1.29, 1.82) is 5.26 Å². The summed E-state index contributed by atoms with van der Waals surface area (Å²) in [6.45, 7) is 5.35. The lowest BCUT2D eigenvalue weighted by atomic mass is 9.77. The molecule has 0 aromatic heterocycles. The van der Waals surface area contributed by atoms with E-state index < -0.39 is 17.5 Å². The molecule has 2 fully saturated rings. The largest absolute Gasteiger partial charge is 0.500 e. The van der Waals surface area contributed by atoms with Gasteiger partial charge in [0.25, 0.3) is 5.91 Å². The minimum absolute atomic E-state index is 0.469. The molecule has 0 spiro atoms. The summed E-state index contributed by atoms with van der Waals surface area (Å²) in [6.07, 6.45) is 5.60. The molecule has 176 valence electrons. The molecular formula is C25H32N4O4. The number of nitriles is 1. The van der Waals surface area contributed by atoms with Crippen molar-refractivity contribution in [3.63, 3.8) is 0 Å². The normalized spacial score (nSPS) is 25.6. The van der Waals surface area contributed by atoms with Crippen molar-refractivity contribution in [2.24, 2.45) is 11.7 Å². The molecule has 2 heterocycles. The SMILES string of the molecule is N#Cc1cccc(N2CCN(CCC3CCC(OC(=O)C4=COCC4)(C(N)=O)CC3)CC2)c1. The lowest BCUT2D eigenvalue weighted by Gasteiger charge is -2.39. The van der Waals surface area contributed by atoms with Crippen molar-refractivity contribution in [1.82, 2.24) is 4.90 Å². The average Bonchev–Trinajstić information content (AvgIpc) is 3.39. The Morgan fingerprint density at radius 1 is 1.21 bits per heavy atom. The second-order valence-electron chi connectivity index (χ2n) is 9.23. The predicted molar refractivity (Wildman–Crippen MR) is 123 cm³/mol. The maximum Gasteiger partial charge on any atom is 0.338 e. The van der Waals surface area contributed by atoms with Crippen LogP contribution in [0.4, 0.5) is 5.69 Å². The monoisotopic (exact) mass is 452 g/mol. The zero-order valence-corrected chi connectivity index (χ0v) is 19.0. The van der Waals surface area contributed by atoms with E-state index in [9.17, 15) is 9.59 Å². The van der Waals surface area contributed by atoms with Gasteiger partial charge in [0.15, 0.2) is 5.60 Å². The van der Waals surface area contributed by atoms with Crippen LogP contribution in [0.25, 0.3) is 0 Å². The Labute approximate surface area is 194 Å². The fourth-order valence-electron chi connectivity index (χ4n) is 4.98. The predicted octanol–water partition coefficient (Wildman–Crippen LogP) is 2.33. The Morgan fingerprint density at radius 2 is 1.97 bits per heavy atom. The molecule has 0 bridgehead atoms. The van der Waals surface area contributed by atoms with E-state index >= 15 is 0 Å². The van der Waals surface area contributed by atoms with E-state index in [0.29, 0.717) is 42.9 Å². The van der Waals surface area contributed by atoms with Gasteiger partial charge in [-0.1, -0.05) is 6.07 Å². The van der Waals surface area contributed by atoms with E-state index in [-0.39, 0.29) is 0 Å². The van der Waals surface area contributed by atoms with Crippen molar-refractivity contribution in [3.8, 4) is 6.07 Å². The number of primary amides is 1. The van der Waals surface area contributed by atoms with Gasteiger partial charge in [-0.25, -0.2) is 4.79 Å². The summed E-state index contributed by atoms with van der Waals surface area (Å²) < 4.78 is 10.7. The van der Waals surface area contributed by atoms with Crippen LogP contribution in [0.15, 0.2) is 36.1 Å². The Bertz CT molecular complexity index is 938. The van der Waals surface area contributed by atoms with Gasteiger partial charge in [0.05, 0.1) is 30.1 Å². The fraction of sp³-hybridized carbons (Fsp3) is 0.560. The van der Waals surface area contributed by atoms with E-state index in [0.717, 1.165) is 57.7 Å². The van der Waals surface area contributed by atoms with Crippen LogP contribution in [-0.4, -0.2) is 61.7 Å². The number of rotatable bonds is 7. The molecular weight excluding hydrogens is 420 g/mol. The number of hydrogen-bond acceptors (Lipinski definition) is 7. The molecule has 0 atom stereocenters. The summed E-state index contributed by atoms with van der Waals surface area (Å²) in [7, 11) is 0. The molecule has 1 saturated carbocycles. The van der Waals surface area contributed by atoms with Gasteiger partial charge in [0.1, 0.15) is 0 Å². The van der Waals surface area contributed by atoms with Crippen molar-refractivity contribution in [3.05, 3.63) is 41.7 Å². The van der Waals surface area contributed by atoms with Crippen LogP contribution in [0.3, 0.4) is 0 Å². The van der Waals surface area contributed by atoms with Crippen molar-refractivity contribution in [2.75, 3.05) is 44.2 Å². The smallest absolute Gasteiger partial charge is 0.338 e. The number of nitrogens with two attached hydrogens (primary N) is 1. The minimum Gasteiger partial charge on any atom is -0.500 e. The van der Waals surface area contributed by atoms with Crippen LogP contribution < -0.4 is 10.6 Å². The molecule has 0 unspecified atom stereocenters. The van der Waals surface area contributed by atoms with Crippen LogP contribution in [0.1, 0.15) is 44.1 Å². The van der Waals surface area contributed by atoms with Crippen molar-refractivity contribution < 1.29 is 19.1 Å². The Morgan fingerprint density at radius 3 is 2.61 bits per heavy atom. The Hall–Kier alpha value is -3.05. The highest BCUT2D eigenvalue weighted by Gasteiger charge is 2.44. The number of ether oxygens (including phenoxy) is 2. The van der Waals surface area contributed by atoms with Crippen LogP contribution in [0.2, 0.25) is 0 Å². The van der Waals surface area contributed by atoms with E-state index in [4.69, 9.17) is 20.5 Å². The lowest BCUT2D eigenvalue weighted by molar-refractivity contribution is -0.168. The number of carbonyl (C=O) groups is 2. The number of amides is 1. The first-order valence-corrected chi connectivity index (χ1v) is 11.8. The fourth-order valence-corrected chi connectivity index (χ4v) is 4.98. The van der Waals surface area contributed by atoms with Crippen LogP contribution in [0, 0.1) is 17.2 Å². The van der Waals surface area contributed by atoms with Gasteiger partial charge < -0.3 is 20.1 Å². The number of anilines is 1. The molecule has 0 radical (unpaired) electrons. The van der Waals surface area contributed by atoms with Crippen LogP contribution in [-0.2, 0) is 19.1 Å². The van der Waals surface area contributed by atoms with Gasteiger partial charge in [0.2, 0.25) is 0 Å². The third-order valence-corrected chi connectivity index (χ3v) is 7.19. The van der Waals surface area contributed by atoms with Crippen molar-refractivity contribution >= 4 is 17.6 Å². The van der Waals surface area contributed by atoms with Gasteiger partial charge in [-0.05, 0) is 62.8 Å². The van der Waals surface area contributed by atoms with E-state index in [1.54, 1.807) is 0 Å². The van der Waals surface area contributed by atoms with E-state index in [1.165, 1.54) is 6.26 Å². The zero-order chi connectivity index (χ0) is 23.3. The first-order chi connectivity index (χ1) is 16.0. The van der Waals surface area contributed by atoms with Gasteiger partial charge in [0, 0.05) is 38.3 Å². The van der Waals surface area contributed by atoms with Gasteiger partial charge in [-0.2, -0.15) is 5.26 Å². The van der Waals surface area contributed by atoms with E-state index in [1.807, 2.05) is 18.2 Å². The number of nitrogens with zero attached hydrogens (tertiary/aromatic N) is 3. The van der Waals surface area contributed by atoms with Crippen molar-refractivity contribution in [2.45, 2.75) is 44.1 Å². The molecule has 2 aliphatic heterocycles. The zero-order valence-electron chi connectivity index (χ0n) is 19.0. The van der Waals surface area contributed by atoms with Gasteiger partial charge in [-0.15, -0.1) is 0 Å². The Balaban J connectivity index is 1.22. The maximum absolute atomic E-state index is 12.4. The summed E-state index contributed by atoms with van der Waals surface area (Å²) in [5.74, 6) is -0.538. The second-order valence-corrected chi connectivity index (χ2v) is 9.23. The summed E-state index contributed by atoms with van der Waals surface area (Å²) in [6, 6.07) is 9.99. The van der Waals surface area contributed by atoms with Gasteiger partial charge in [-0.3, -0.25) is 9.69 Å². The van der Waals surface area contributed by atoms with Crippen LogP contribution in [0.5, 0.6) is 0 Å². The second kappa shape index (κ2) is 10.3. The molecule has 1 aromatic carbocycles. The number of esters is 1. The molecule has 1 aliphatic carbocycles. The third-order valence-electron chi connectivity index (χ3n) is 7.19. The number of carbonyl (C=O) groups excluding carboxylic acids is 2. The molecule has 2 N–H and O–H groups in total. The minimum atomic E-state index is -1.19. The quantitative estimate of drug-likeness (QED) is 0.633. The lowest BCUT2D eigenvalue weighted by Crippen LogP contribution is -2.50. The number of piperazine rings is 1. The summed E-state index contributed by atoms with van der Waals surface area (Å²) in [5.41, 5.74) is 6.74. The summed E-state index contributed by atoms with van der Waals surface area (Å²) in [4.78, 5) is 29.4. The molecule has 1 amide bonds. The summed E-state index contributed by atoms with van der Waals surface area (Å²) in [5, 5.41) is 9.12. The van der Waals surface area contributed by atoms with Gasteiger partial charge >= 0.3 is 5.97 Å². The first-order valence-electron chi connectivity index (χ1n) is 11.8. The third kappa shape index (κ3) is 5.48. The molecule has 33 heavy (non-hydrogen) atoms. The highest BCUT2D eigenvalue weighted by Crippen LogP contribution is 2.37. The molecule has 3 aliphatic rings. The highest BCUT2D eigenvalue weighted by atomic mass is 16.6. The maximum atomic E-state index is 12.4. The van der Waals surface area contributed by atoms with Crippen LogP contribution >= 0.6 is 0 Å². The Kier molecular flexibility index (Phi) is 7.19. The molecule has 1 aromatic rings. The molecule has 8 heteroatoms. The van der Waals surface area contributed by atoms with E-state index in [2.05, 4.69) is 21.9 Å². The average molecular weight is 453 g/mol. The molecule has 4 rings (SSSR count). The highest BCUT2D eigenvalue weighted by molar-refractivity contribution is 5.93. The number of hydrogen-bond donors (Lipinski definition) is 1. The summed E-state index contributed by atoms with van der Waals surface area (Å²) >= 11 is 0.